The Morgan fingerprint density at radius 2 is 0.456 bits per heavy atom. The van der Waals surface area contributed by atoms with Crippen molar-refractivity contribution in [1.29, 1.82) is 0 Å². The van der Waals surface area contributed by atoms with Crippen LogP contribution >= 0.6 is 0 Å². The third-order valence-corrected chi connectivity index (χ3v) is 5.50. The number of allylic oxidation sites excluding steroid dienone is 4. The van der Waals surface area contributed by atoms with E-state index in [1.807, 2.05) is 24.3 Å². The summed E-state index contributed by atoms with van der Waals surface area (Å²) in [5.41, 5.74) is 3.91. The fourth-order valence-electron chi connectivity index (χ4n) is 3.93. The van der Waals surface area contributed by atoms with Crippen LogP contribution in [-0.2, 0) is 226 Å². The van der Waals surface area contributed by atoms with Gasteiger partial charge in [-0.05, 0) is 50.3 Å². The molecular formula is C42H56Cu2N4O25V6-30. The molecule has 2 aromatic carbocycles. The Kier molecular flexibility index (Phi) is 307. The fourth-order valence-corrected chi connectivity index (χ4v) is 3.93. The summed E-state index contributed by atoms with van der Waals surface area (Å²) in [6, 6.07) is 24.3. The van der Waals surface area contributed by atoms with E-state index in [1.54, 1.807) is 24.8 Å². The molecule has 29 nitrogen and oxygen atoms in total. The number of ketones is 2. The molecule has 8 radical (unpaired) electrons. The van der Waals surface area contributed by atoms with Crippen LogP contribution in [0, 0.1) is 0 Å². The summed E-state index contributed by atoms with van der Waals surface area (Å²) in [7, 11) is 6.50. The van der Waals surface area contributed by atoms with E-state index < -0.39 is 0 Å². The van der Waals surface area contributed by atoms with Crippen molar-refractivity contribution in [3.8, 4) is 0 Å². The molecule has 0 spiro atoms. The summed E-state index contributed by atoms with van der Waals surface area (Å²) in [6.07, 6.45) is 9.32. The summed E-state index contributed by atoms with van der Waals surface area (Å²) in [4.78, 5) is 37.3. The first-order valence-corrected chi connectivity index (χ1v) is 16.4. The number of rotatable bonds is 2. The average molecular weight is 1450 g/mol. The molecule has 0 bridgehead atoms. The third-order valence-electron chi connectivity index (χ3n) is 5.50. The number of nitrogens with zero attached hydrogens (tertiary/aromatic N) is 4. The van der Waals surface area contributed by atoms with Gasteiger partial charge in [-0.25, -0.2) is 0 Å². The predicted octanol–water partition coefficient (Wildman–Crippen LogP) is -3.24. The van der Waals surface area contributed by atoms with E-state index in [4.69, 9.17) is 40.9 Å². The maximum absolute atomic E-state index is 9.98. The van der Waals surface area contributed by atoms with Gasteiger partial charge in [0.15, 0.2) is 11.6 Å². The summed E-state index contributed by atoms with van der Waals surface area (Å²) < 4.78 is 0. The predicted molar refractivity (Wildman–Crippen MR) is 224 cm³/mol. The topological polar surface area (TPSA) is 681 Å². The Bertz CT molecular complexity index is 1730. The molecule has 0 saturated carbocycles. The van der Waals surface area contributed by atoms with Gasteiger partial charge in [0.05, 0.1) is 22.1 Å². The molecule has 0 fully saturated rings. The van der Waals surface area contributed by atoms with E-state index in [0.717, 1.165) is 113 Å². The SMILES string of the molecule is CC(=O)/C=C(/C)[O-].CC(=O)/C=C(/C)[O-].CO.CO.C[O-].C[O-].C[O-].C[O-].C[O-].C[O-].[Cu+2].[Cu+2].[O-2].[O-2].[O-2].[O-2].[O-2].[O-2].[O-2].[O-2].[O-2].[O-2].[O-2].[O-2].[O-2].[V].[V].[V].[V].[V].[V].c1cnc2c(c1)ccc1cccnc12.c1cnc2c(c1)ccc1cccnc12. The number of hydrogen-bond donors (Lipinski definition) is 2. The Morgan fingerprint density at radius 1 is 0.329 bits per heavy atom. The van der Waals surface area contributed by atoms with Gasteiger partial charge in [0.2, 0.25) is 0 Å². The van der Waals surface area contributed by atoms with Crippen LogP contribution in [0.5, 0.6) is 0 Å². The van der Waals surface area contributed by atoms with Crippen LogP contribution in [0.3, 0.4) is 0 Å². The summed E-state index contributed by atoms with van der Waals surface area (Å²) in [5.74, 6) is -0.750. The van der Waals surface area contributed by atoms with Gasteiger partial charge in [-0.15, -0.1) is 11.5 Å². The number of aliphatic hydroxyl groups excluding tert-OH is 2. The zero-order valence-electron chi connectivity index (χ0n) is 43.8. The van der Waals surface area contributed by atoms with Crippen molar-refractivity contribution >= 4 is 55.2 Å². The van der Waals surface area contributed by atoms with Crippen molar-refractivity contribution in [3.63, 3.8) is 0 Å². The molecular weight excluding hydrogens is 1390 g/mol. The number of aromatic nitrogens is 4. The van der Waals surface area contributed by atoms with Crippen LogP contribution in [0.2, 0.25) is 0 Å². The monoisotopic (exact) mass is 1450 g/mol. The van der Waals surface area contributed by atoms with Crippen molar-refractivity contribution in [2.45, 2.75) is 27.7 Å². The van der Waals surface area contributed by atoms with Crippen molar-refractivity contribution in [3.05, 3.63) is 121 Å². The molecule has 0 aliphatic rings. The van der Waals surface area contributed by atoms with Gasteiger partial charge in [-0.3, -0.25) is 29.5 Å². The van der Waals surface area contributed by atoms with Crippen molar-refractivity contribution in [2.24, 2.45) is 0 Å². The quantitative estimate of drug-likeness (QED) is 0.0744. The van der Waals surface area contributed by atoms with Gasteiger partial charge >= 0.3 is 34.1 Å². The smallest absolute Gasteiger partial charge is 2.00 e. The number of carbonyl (C=O) groups excluding carboxylic acids is 2. The minimum absolute atomic E-state index is 0. The Balaban J connectivity index is -0.0000000159. The van der Waals surface area contributed by atoms with Crippen molar-refractivity contribution in [2.75, 3.05) is 56.9 Å². The number of aliphatic hydroxyl groups is 2. The second-order valence-electron chi connectivity index (χ2n) is 9.16. The van der Waals surface area contributed by atoms with Crippen molar-refractivity contribution < 1.29 is 277 Å². The molecule has 0 atom stereocenters. The molecule has 0 aliphatic carbocycles. The zero-order valence-corrected chi connectivity index (χ0v) is 54.0. The third kappa shape index (κ3) is 90.2. The fraction of sp³-hybridized carbons (Fsp3) is 0.286. The molecule has 0 saturated heterocycles. The summed E-state index contributed by atoms with van der Waals surface area (Å²) in [6.45, 7) is 5.39. The zero-order chi connectivity index (χ0) is 46.5. The summed E-state index contributed by atoms with van der Waals surface area (Å²) >= 11 is 0. The molecule has 4 heterocycles. The molecule has 6 rings (SSSR count). The largest absolute Gasteiger partial charge is 2.00 e. The normalized spacial score (nSPS) is 6.48. The van der Waals surface area contributed by atoms with Crippen LogP contribution in [0.1, 0.15) is 27.7 Å². The van der Waals surface area contributed by atoms with Crippen molar-refractivity contribution in [1.82, 2.24) is 19.9 Å². The maximum atomic E-state index is 9.98. The van der Waals surface area contributed by atoms with Crippen LogP contribution < -0.4 is 40.9 Å². The molecule has 6 aromatic rings. The number of hydrogen-bond acceptors (Lipinski definition) is 16. The van der Waals surface area contributed by atoms with Gasteiger partial charge in [0.1, 0.15) is 0 Å². The van der Waals surface area contributed by atoms with Gasteiger partial charge in [0.25, 0.3) is 0 Å². The van der Waals surface area contributed by atoms with E-state index in [0.29, 0.717) is 0 Å². The first-order valence-electron chi connectivity index (χ1n) is 16.4. The van der Waals surface area contributed by atoms with Gasteiger partial charge in [-0.1, -0.05) is 62.4 Å². The minimum Gasteiger partial charge on any atom is -2.00 e. The maximum Gasteiger partial charge on any atom is 2.00 e. The second-order valence-corrected chi connectivity index (χ2v) is 9.16. The van der Waals surface area contributed by atoms with E-state index in [2.05, 4.69) is 68.5 Å². The number of carbonyl (C=O) groups is 2. The first-order chi connectivity index (χ1) is 28.2. The second kappa shape index (κ2) is 136. The van der Waals surface area contributed by atoms with E-state index >= 15 is 0 Å². The molecule has 79 heavy (non-hydrogen) atoms. The van der Waals surface area contributed by atoms with E-state index in [9.17, 15) is 19.8 Å². The molecule has 0 amide bonds. The average Bonchev–Trinajstić information content (AvgIpc) is 3.29. The Hall–Kier alpha value is -1.79. The number of pyridine rings is 4. The molecule has 37 heteroatoms. The number of benzene rings is 2. The first kappa shape index (κ1) is 178. The Morgan fingerprint density at radius 3 is 0.544 bits per heavy atom. The van der Waals surface area contributed by atoms with E-state index in [-0.39, 0.29) is 240 Å². The molecule has 476 valence electrons. The van der Waals surface area contributed by atoms with Gasteiger partial charge in [0, 0.05) is 172 Å². The molecule has 2 N–H and O–H groups in total. The van der Waals surface area contributed by atoms with Gasteiger partial charge in [-0.2, -0.15) is 42.7 Å². The molecule has 0 unspecified atom stereocenters. The number of fused-ring (bicyclic) bond motifs is 6. The van der Waals surface area contributed by atoms with Crippen LogP contribution in [0.25, 0.3) is 43.6 Å². The van der Waals surface area contributed by atoms with Crippen LogP contribution in [0.15, 0.2) is 121 Å². The van der Waals surface area contributed by atoms with E-state index in [1.165, 1.54) is 27.7 Å². The minimum atomic E-state index is -0.187. The summed E-state index contributed by atoms with van der Waals surface area (Å²) in [5, 5.41) is 88.0. The van der Waals surface area contributed by atoms with Crippen LogP contribution in [-0.4, -0.2) is 98.6 Å². The Labute approximate surface area is 553 Å². The standard InChI is InChI=1S/2C12H8N2.2C5H8O2.2CH4O.6CH3O.2Cu.13O.6V/c2*1-3-9-5-6-10-4-2-8-14-12(10)11(9)13-7-1;2*1-4(6)3-5(2)7;8*1-2;;;;;;;;;;;;;;;;;;;;;/h2*1-8H;2*3,6H,1-2H3;2*2H,1H3;6*1H3;;;;;;;;;;;;;;;;;;;;;/q;;;;;;6*-1;2*+2;13*-2;;;;;;/p-2/b;;2*4-3-;;;;;;;;;;;;;;;;;;;;;;;;;;;;;. The van der Waals surface area contributed by atoms with Gasteiger partial charge < -0.3 is 122 Å². The molecule has 4 aromatic heterocycles. The molecule has 0 aliphatic heterocycles. The van der Waals surface area contributed by atoms with Crippen LogP contribution in [0.4, 0.5) is 0 Å².